The Morgan fingerprint density at radius 3 is 2.92 bits per heavy atom. The van der Waals surface area contributed by atoms with E-state index in [1.165, 1.54) is 12.1 Å². The van der Waals surface area contributed by atoms with E-state index in [1.54, 1.807) is 22.7 Å². The Morgan fingerprint density at radius 2 is 2.08 bits per heavy atom. The second kappa shape index (κ2) is 6.34. The fourth-order valence-electron chi connectivity index (χ4n) is 2.87. The summed E-state index contributed by atoms with van der Waals surface area (Å²) in [5, 5.41) is 22.8. The van der Waals surface area contributed by atoms with E-state index in [0.717, 1.165) is 26.5 Å². The minimum atomic E-state index is -0.306. The van der Waals surface area contributed by atoms with Gasteiger partial charge in [-0.05, 0) is 65.4 Å². The van der Waals surface area contributed by atoms with E-state index in [1.807, 2.05) is 31.2 Å². The summed E-state index contributed by atoms with van der Waals surface area (Å²) in [6, 6.07) is 12.6. The van der Waals surface area contributed by atoms with Crippen LogP contribution in [0.3, 0.4) is 0 Å². The first kappa shape index (κ1) is 16.4. The number of ketones is 1. The van der Waals surface area contributed by atoms with E-state index >= 15 is 0 Å². The van der Waals surface area contributed by atoms with Gasteiger partial charge in [0.05, 0.1) is 11.1 Å². The van der Waals surface area contributed by atoms with E-state index in [0.29, 0.717) is 5.65 Å². The molecular weight excluding hydrogens is 396 g/mol. The second-order valence-corrected chi connectivity index (χ2v) is 6.80. The van der Waals surface area contributed by atoms with Crippen molar-refractivity contribution in [2.75, 3.05) is 0 Å². The number of phenols is 1. The largest absolute Gasteiger partial charge is 0.507 e. The third-order valence-corrected chi connectivity index (χ3v) is 4.69. The average molecular weight is 409 g/mol. The van der Waals surface area contributed by atoms with Crippen LogP contribution in [-0.4, -0.2) is 30.9 Å². The first-order valence-corrected chi connectivity index (χ1v) is 8.65. The molecule has 0 aliphatic heterocycles. The molecule has 0 radical (unpaired) electrons. The monoisotopic (exact) mass is 408 g/mol. The van der Waals surface area contributed by atoms with Crippen molar-refractivity contribution in [1.82, 2.24) is 20.0 Å². The molecule has 2 aromatic carbocycles. The van der Waals surface area contributed by atoms with E-state index in [4.69, 9.17) is 0 Å². The maximum atomic E-state index is 12.5. The summed E-state index contributed by atoms with van der Waals surface area (Å²) in [7, 11) is 0. The molecule has 2 heterocycles. The van der Waals surface area contributed by atoms with Crippen LogP contribution in [0.4, 0.5) is 0 Å². The molecular formula is C19H13BrN4O2. The highest BCUT2D eigenvalue weighted by molar-refractivity contribution is 9.10. The number of aromatic nitrogens is 4. The number of nitrogens with zero attached hydrogens (tertiary/aromatic N) is 4. The highest BCUT2D eigenvalue weighted by Gasteiger charge is 2.12. The van der Waals surface area contributed by atoms with Crippen molar-refractivity contribution < 1.29 is 9.90 Å². The van der Waals surface area contributed by atoms with Gasteiger partial charge in [-0.1, -0.05) is 28.1 Å². The number of phenolic OH excluding ortho intramolecular Hbond substituents is 1. The van der Waals surface area contributed by atoms with Crippen LogP contribution in [-0.2, 0) is 0 Å². The quantitative estimate of drug-likeness (QED) is 0.410. The molecule has 7 heteroatoms. The maximum absolute atomic E-state index is 12.5. The molecule has 0 spiro atoms. The van der Waals surface area contributed by atoms with Gasteiger partial charge in [-0.2, -0.15) is 4.52 Å². The van der Waals surface area contributed by atoms with Gasteiger partial charge in [0.2, 0.25) is 0 Å². The number of rotatable bonds is 3. The number of benzene rings is 2. The van der Waals surface area contributed by atoms with Crippen molar-refractivity contribution in [2.45, 2.75) is 6.92 Å². The van der Waals surface area contributed by atoms with Crippen molar-refractivity contribution in [1.29, 1.82) is 0 Å². The lowest BCUT2D eigenvalue weighted by atomic mass is 10.1. The Bertz CT molecular complexity index is 1200. The zero-order valence-electron chi connectivity index (χ0n) is 13.7. The summed E-state index contributed by atoms with van der Waals surface area (Å²) in [6.07, 6.45) is 3.08. The molecule has 4 aromatic rings. The number of halogens is 1. The Hall–Kier alpha value is -3.06. The lowest BCUT2D eigenvalue weighted by molar-refractivity contribution is 0.104. The molecule has 0 fully saturated rings. The van der Waals surface area contributed by atoms with Crippen LogP contribution in [0, 0.1) is 6.92 Å². The topological polar surface area (TPSA) is 80.4 Å². The smallest absolute Gasteiger partial charge is 0.189 e. The predicted molar refractivity (Wildman–Crippen MR) is 102 cm³/mol. The SMILES string of the molecule is Cc1cccc2c1cc(/C=C/C(=O)c1cc(Br)ccc1O)c1nnnn12. The van der Waals surface area contributed by atoms with Crippen LogP contribution >= 0.6 is 15.9 Å². The highest BCUT2D eigenvalue weighted by Crippen LogP contribution is 2.25. The van der Waals surface area contributed by atoms with Gasteiger partial charge in [0, 0.05) is 15.4 Å². The number of carbonyl (C=O) groups is 1. The number of aryl methyl sites for hydroxylation is 1. The predicted octanol–water partition coefficient (Wildman–Crippen LogP) is 3.95. The third kappa shape index (κ3) is 2.76. The summed E-state index contributed by atoms with van der Waals surface area (Å²) in [5.41, 5.74) is 3.50. The van der Waals surface area contributed by atoms with Crippen molar-refractivity contribution >= 4 is 44.3 Å². The highest BCUT2D eigenvalue weighted by atomic mass is 79.9. The van der Waals surface area contributed by atoms with Gasteiger partial charge in [0.15, 0.2) is 11.4 Å². The van der Waals surface area contributed by atoms with E-state index in [-0.39, 0.29) is 17.1 Å². The first-order valence-electron chi connectivity index (χ1n) is 7.86. The maximum Gasteiger partial charge on any atom is 0.189 e. The summed E-state index contributed by atoms with van der Waals surface area (Å²) >= 11 is 3.31. The van der Waals surface area contributed by atoms with E-state index in [9.17, 15) is 9.90 Å². The second-order valence-electron chi connectivity index (χ2n) is 5.88. The molecule has 0 saturated heterocycles. The van der Waals surface area contributed by atoms with Crippen LogP contribution in [0.2, 0.25) is 0 Å². The average Bonchev–Trinajstić information content (AvgIpc) is 3.12. The van der Waals surface area contributed by atoms with Crippen molar-refractivity contribution in [3.05, 3.63) is 69.7 Å². The number of fused-ring (bicyclic) bond motifs is 3. The van der Waals surface area contributed by atoms with E-state index < -0.39 is 0 Å². The normalized spacial score (nSPS) is 11.6. The number of allylic oxidation sites excluding steroid dienone is 1. The van der Waals surface area contributed by atoms with E-state index in [2.05, 4.69) is 31.5 Å². The molecule has 26 heavy (non-hydrogen) atoms. The van der Waals surface area contributed by atoms with Gasteiger partial charge in [-0.3, -0.25) is 4.79 Å². The van der Waals surface area contributed by atoms with Gasteiger partial charge in [-0.15, -0.1) is 5.10 Å². The standard InChI is InChI=1S/C19H13BrN4O2/c1-11-3-2-4-16-14(11)9-12(19-21-22-23-24(16)19)5-7-17(25)15-10-13(20)6-8-18(15)26/h2-10,26H,1H3/b7-5+. The molecule has 128 valence electrons. The summed E-state index contributed by atoms with van der Waals surface area (Å²) in [4.78, 5) is 12.5. The Morgan fingerprint density at radius 1 is 1.23 bits per heavy atom. The molecule has 0 bridgehead atoms. The van der Waals surface area contributed by atoms with Gasteiger partial charge in [-0.25, -0.2) is 0 Å². The molecule has 0 unspecified atom stereocenters. The molecule has 1 N–H and O–H groups in total. The van der Waals surface area contributed by atoms with Crippen LogP contribution in [0.15, 0.2) is 53.0 Å². The van der Waals surface area contributed by atoms with Crippen LogP contribution in [0.1, 0.15) is 21.5 Å². The lowest BCUT2D eigenvalue weighted by Gasteiger charge is -2.06. The Labute approximate surface area is 156 Å². The molecule has 0 aliphatic rings. The molecule has 0 aliphatic carbocycles. The van der Waals surface area contributed by atoms with Crippen LogP contribution < -0.4 is 0 Å². The number of hydrogen-bond acceptors (Lipinski definition) is 5. The summed E-state index contributed by atoms with van der Waals surface area (Å²) in [5.74, 6) is -0.370. The number of tetrazole rings is 1. The van der Waals surface area contributed by atoms with Gasteiger partial charge in [0.1, 0.15) is 5.75 Å². The van der Waals surface area contributed by atoms with Crippen molar-refractivity contribution in [2.24, 2.45) is 0 Å². The Kier molecular flexibility index (Phi) is 4.00. The molecule has 0 atom stereocenters. The number of pyridine rings is 1. The summed E-state index contributed by atoms with van der Waals surface area (Å²) < 4.78 is 2.38. The van der Waals surface area contributed by atoms with Gasteiger partial charge >= 0.3 is 0 Å². The molecule has 4 rings (SSSR count). The molecule has 0 amide bonds. The van der Waals surface area contributed by atoms with Gasteiger partial charge in [0.25, 0.3) is 0 Å². The summed E-state index contributed by atoms with van der Waals surface area (Å²) in [6.45, 7) is 2.01. The number of aromatic hydroxyl groups is 1. The third-order valence-electron chi connectivity index (χ3n) is 4.20. The van der Waals surface area contributed by atoms with Gasteiger partial charge < -0.3 is 5.11 Å². The number of carbonyl (C=O) groups excluding carboxylic acids is 1. The zero-order chi connectivity index (χ0) is 18.3. The number of hydrogen-bond donors (Lipinski definition) is 1. The molecule has 2 aromatic heterocycles. The van der Waals surface area contributed by atoms with Crippen molar-refractivity contribution in [3.63, 3.8) is 0 Å². The van der Waals surface area contributed by atoms with Crippen molar-refractivity contribution in [3.8, 4) is 5.75 Å². The zero-order valence-corrected chi connectivity index (χ0v) is 15.3. The minimum absolute atomic E-state index is 0.0634. The fourth-order valence-corrected chi connectivity index (χ4v) is 3.23. The van der Waals surface area contributed by atoms with Crippen LogP contribution in [0.5, 0.6) is 5.75 Å². The van der Waals surface area contributed by atoms with Crippen LogP contribution in [0.25, 0.3) is 22.6 Å². The Balaban J connectivity index is 1.82. The first-order chi connectivity index (χ1) is 12.5. The molecule has 6 nitrogen and oxygen atoms in total. The minimum Gasteiger partial charge on any atom is -0.507 e. The molecule has 0 saturated carbocycles. The lowest BCUT2D eigenvalue weighted by Crippen LogP contribution is -1.97. The fraction of sp³-hybridized carbons (Fsp3) is 0.0526.